The average Bonchev–Trinajstić information content (AvgIpc) is 3.62. The maximum absolute atomic E-state index is 4.83. The predicted molar refractivity (Wildman–Crippen MR) is 130 cm³/mol. The SMILES string of the molecule is CCCc1nc(CCc2ccsc2)nn1Cc1ccc(-c2ccccc2-c2nnn[nH]2)cc1. The second-order valence-corrected chi connectivity index (χ2v) is 8.76. The molecular formula is C25H25N7S. The summed E-state index contributed by atoms with van der Waals surface area (Å²) in [6.45, 7) is 2.90. The molecule has 0 amide bonds. The van der Waals surface area contributed by atoms with E-state index in [0.717, 1.165) is 54.0 Å². The van der Waals surface area contributed by atoms with E-state index in [4.69, 9.17) is 10.1 Å². The second kappa shape index (κ2) is 9.87. The number of H-pyrrole nitrogens is 1. The van der Waals surface area contributed by atoms with Crippen LogP contribution in [0.2, 0.25) is 0 Å². The zero-order chi connectivity index (χ0) is 22.5. The number of thiophene rings is 1. The average molecular weight is 456 g/mol. The number of rotatable bonds is 9. The van der Waals surface area contributed by atoms with Gasteiger partial charge in [0.1, 0.15) is 5.82 Å². The summed E-state index contributed by atoms with van der Waals surface area (Å²) in [4.78, 5) is 4.83. The Morgan fingerprint density at radius 1 is 0.909 bits per heavy atom. The Hall–Kier alpha value is -3.65. The highest BCUT2D eigenvalue weighted by atomic mass is 32.1. The van der Waals surface area contributed by atoms with Crippen LogP contribution in [0.5, 0.6) is 0 Å². The second-order valence-electron chi connectivity index (χ2n) is 7.98. The normalized spacial score (nSPS) is 11.2. The van der Waals surface area contributed by atoms with Gasteiger partial charge in [-0.2, -0.15) is 16.4 Å². The summed E-state index contributed by atoms with van der Waals surface area (Å²) in [6.07, 6.45) is 3.83. The Balaban J connectivity index is 1.34. The number of nitrogens with one attached hydrogen (secondary N) is 1. The van der Waals surface area contributed by atoms with E-state index in [1.54, 1.807) is 11.3 Å². The van der Waals surface area contributed by atoms with Gasteiger partial charge in [0.15, 0.2) is 11.6 Å². The van der Waals surface area contributed by atoms with Crippen LogP contribution in [-0.4, -0.2) is 35.4 Å². The highest BCUT2D eigenvalue weighted by molar-refractivity contribution is 7.07. The molecule has 1 N–H and O–H groups in total. The number of benzene rings is 2. The molecular weight excluding hydrogens is 430 g/mol. The van der Waals surface area contributed by atoms with Gasteiger partial charge in [0.25, 0.3) is 0 Å². The van der Waals surface area contributed by atoms with E-state index in [1.807, 2.05) is 18.2 Å². The van der Waals surface area contributed by atoms with Crippen LogP contribution in [0, 0.1) is 0 Å². The van der Waals surface area contributed by atoms with E-state index in [1.165, 1.54) is 11.1 Å². The maximum atomic E-state index is 4.83. The number of aromatic amines is 1. The summed E-state index contributed by atoms with van der Waals surface area (Å²) in [6, 6.07) is 18.9. The first-order chi connectivity index (χ1) is 16.3. The first kappa shape index (κ1) is 21.2. The van der Waals surface area contributed by atoms with Crippen molar-refractivity contribution in [3.8, 4) is 22.5 Å². The van der Waals surface area contributed by atoms with Crippen molar-refractivity contribution in [1.29, 1.82) is 0 Å². The molecule has 33 heavy (non-hydrogen) atoms. The number of aromatic nitrogens is 7. The van der Waals surface area contributed by atoms with Crippen molar-refractivity contribution in [2.24, 2.45) is 0 Å². The van der Waals surface area contributed by atoms with Gasteiger partial charge in [-0.15, -0.1) is 5.10 Å². The van der Waals surface area contributed by atoms with Crippen LogP contribution in [0.3, 0.4) is 0 Å². The Morgan fingerprint density at radius 2 is 1.76 bits per heavy atom. The lowest BCUT2D eigenvalue weighted by Crippen LogP contribution is -2.07. The van der Waals surface area contributed by atoms with Gasteiger partial charge < -0.3 is 0 Å². The molecule has 0 unspecified atom stereocenters. The van der Waals surface area contributed by atoms with Gasteiger partial charge >= 0.3 is 0 Å². The summed E-state index contributed by atoms with van der Waals surface area (Å²) < 4.78 is 2.07. The van der Waals surface area contributed by atoms with Crippen molar-refractivity contribution < 1.29 is 0 Å². The third-order valence-electron chi connectivity index (χ3n) is 5.61. The van der Waals surface area contributed by atoms with Crippen LogP contribution in [0.4, 0.5) is 0 Å². The van der Waals surface area contributed by atoms with Crippen LogP contribution < -0.4 is 0 Å². The molecule has 0 bridgehead atoms. The van der Waals surface area contributed by atoms with Gasteiger partial charge in [0.2, 0.25) is 0 Å². The van der Waals surface area contributed by atoms with E-state index in [-0.39, 0.29) is 0 Å². The maximum Gasteiger partial charge on any atom is 0.180 e. The highest BCUT2D eigenvalue weighted by Crippen LogP contribution is 2.29. The van der Waals surface area contributed by atoms with E-state index in [9.17, 15) is 0 Å². The Labute approximate surface area is 196 Å². The van der Waals surface area contributed by atoms with Gasteiger partial charge in [-0.05, 0) is 62.3 Å². The van der Waals surface area contributed by atoms with E-state index in [2.05, 4.69) is 79.4 Å². The van der Waals surface area contributed by atoms with Gasteiger partial charge in [-0.1, -0.05) is 55.5 Å². The highest BCUT2D eigenvalue weighted by Gasteiger charge is 2.12. The molecule has 166 valence electrons. The quantitative estimate of drug-likeness (QED) is 0.339. The minimum atomic E-state index is 0.663. The predicted octanol–water partition coefficient (Wildman–Crippen LogP) is 4.97. The van der Waals surface area contributed by atoms with Crippen LogP contribution >= 0.6 is 11.3 Å². The molecule has 3 heterocycles. The number of tetrazole rings is 1. The standard InChI is InChI=1S/C25H25N7S/c1-2-5-24-26-23(13-10-19-14-15-33-17-19)29-32(24)16-18-8-11-20(12-9-18)21-6-3-4-7-22(21)25-27-30-31-28-25/h3-4,6-9,11-12,14-15,17H,2,5,10,13,16H2,1H3,(H,27,28,30,31). The fourth-order valence-electron chi connectivity index (χ4n) is 3.94. The van der Waals surface area contributed by atoms with Crippen molar-refractivity contribution in [2.75, 3.05) is 0 Å². The molecule has 8 heteroatoms. The Morgan fingerprint density at radius 3 is 2.48 bits per heavy atom. The number of hydrogen-bond donors (Lipinski definition) is 1. The minimum Gasteiger partial charge on any atom is -0.245 e. The van der Waals surface area contributed by atoms with Gasteiger partial charge in [-0.25, -0.2) is 14.8 Å². The van der Waals surface area contributed by atoms with E-state index in [0.29, 0.717) is 12.4 Å². The lowest BCUT2D eigenvalue weighted by molar-refractivity contribution is 0.624. The summed E-state index contributed by atoms with van der Waals surface area (Å²) in [7, 11) is 0. The lowest BCUT2D eigenvalue weighted by Gasteiger charge is -2.09. The monoisotopic (exact) mass is 455 g/mol. The first-order valence-electron chi connectivity index (χ1n) is 11.2. The summed E-state index contributed by atoms with van der Waals surface area (Å²) in [5.41, 5.74) is 5.74. The number of aryl methyl sites for hydroxylation is 3. The smallest absolute Gasteiger partial charge is 0.180 e. The molecule has 0 saturated carbocycles. The van der Waals surface area contributed by atoms with Crippen molar-refractivity contribution in [1.82, 2.24) is 35.4 Å². The minimum absolute atomic E-state index is 0.663. The molecule has 0 spiro atoms. The molecule has 5 aromatic rings. The third-order valence-corrected chi connectivity index (χ3v) is 6.34. The van der Waals surface area contributed by atoms with E-state index < -0.39 is 0 Å². The van der Waals surface area contributed by atoms with Gasteiger partial charge in [0, 0.05) is 18.4 Å². The number of nitrogens with zero attached hydrogens (tertiary/aromatic N) is 6. The van der Waals surface area contributed by atoms with Crippen molar-refractivity contribution in [2.45, 2.75) is 39.2 Å². The number of hydrogen-bond acceptors (Lipinski definition) is 6. The molecule has 0 radical (unpaired) electrons. The largest absolute Gasteiger partial charge is 0.245 e. The molecule has 2 aromatic carbocycles. The first-order valence-corrected chi connectivity index (χ1v) is 12.1. The summed E-state index contributed by atoms with van der Waals surface area (Å²) in [5.74, 6) is 2.65. The Kier molecular flexibility index (Phi) is 6.34. The molecule has 7 nitrogen and oxygen atoms in total. The van der Waals surface area contributed by atoms with Crippen LogP contribution in [-0.2, 0) is 25.8 Å². The topological polar surface area (TPSA) is 85.2 Å². The molecule has 0 fully saturated rings. The molecule has 5 rings (SSSR count). The molecule has 0 saturated heterocycles. The molecule has 3 aromatic heterocycles. The van der Waals surface area contributed by atoms with Gasteiger partial charge in [-0.3, -0.25) is 0 Å². The molecule has 0 atom stereocenters. The van der Waals surface area contributed by atoms with Crippen molar-refractivity contribution in [3.63, 3.8) is 0 Å². The fourth-order valence-corrected chi connectivity index (χ4v) is 4.64. The van der Waals surface area contributed by atoms with Crippen LogP contribution in [0.1, 0.15) is 36.1 Å². The molecule has 0 aliphatic heterocycles. The van der Waals surface area contributed by atoms with Gasteiger partial charge in [0.05, 0.1) is 6.54 Å². The summed E-state index contributed by atoms with van der Waals surface area (Å²) in [5, 5.41) is 23.5. The zero-order valence-electron chi connectivity index (χ0n) is 18.5. The van der Waals surface area contributed by atoms with E-state index >= 15 is 0 Å². The fraction of sp³-hybridized carbons (Fsp3) is 0.240. The lowest BCUT2D eigenvalue weighted by atomic mass is 9.98. The molecule has 0 aliphatic rings. The van der Waals surface area contributed by atoms with Crippen LogP contribution in [0.25, 0.3) is 22.5 Å². The molecule has 0 aliphatic carbocycles. The third kappa shape index (κ3) is 4.90. The summed E-state index contributed by atoms with van der Waals surface area (Å²) >= 11 is 1.74. The Bertz CT molecular complexity index is 1290. The van der Waals surface area contributed by atoms with Crippen molar-refractivity contribution >= 4 is 11.3 Å². The van der Waals surface area contributed by atoms with Crippen LogP contribution in [0.15, 0.2) is 65.4 Å². The zero-order valence-corrected chi connectivity index (χ0v) is 19.3. The van der Waals surface area contributed by atoms with Crippen molar-refractivity contribution in [3.05, 3.63) is 88.1 Å².